The number of carbonyl (C=O) groups is 1. The number of nitrogens with two attached hydrogens (primary N) is 1. The fourth-order valence-electron chi connectivity index (χ4n) is 5.35. The van der Waals surface area contributed by atoms with Gasteiger partial charge < -0.3 is 20.1 Å². The smallest absolute Gasteiger partial charge is 0.343 e. The van der Waals surface area contributed by atoms with Crippen molar-refractivity contribution < 1.29 is 19.0 Å². The summed E-state index contributed by atoms with van der Waals surface area (Å²) in [7, 11) is 0. The van der Waals surface area contributed by atoms with Crippen LogP contribution in [0.4, 0.5) is 4.39 Å². The molecule has 0 bridgehead atoms. The van der Waals surface area contributed by atoms with Crippen LogP contribution in [0.15, 0.2) is 10.9 Å². The molecule has 4 heterocycles. The van der Waals surface area contributed by atoms with Gasteiger partial charge in [-0.15, -0.1) is 0 Å². The van der Waals surface area contributed by atoms with E-state index in [1.54, 1.807) is 17.6 Å². The van der Waals surface area contributed by atoms with E-state index in [0.717, 1.165) is 21.9 Å². The molecule has 33 heavy (non-hydrogen) atoms. The van der Waals surface area contributed by atoms with Gasteiger partial charge in [-0.25, -0.2) is 14.2 Å². The van der Waals surface area contributed by atoms with Crippen molar-refractivity contribution >= 4 is 17.6 Å². The number of aromatic nitrogens is 2. The number of rotatable bonds is 3. The predicted octanol–water partition coefficient (Wildman–Crippen LogP) is 1.28. The van der Waals surface area contributed by atoms with Gasteiger partial charge in [-0.05, 0) is 37.5 Å². The minimum absolute atomic E-state index is 0.0709. The molecule has 8 heteroatoms. The summed E-state index contributed by atoms with van der Waals surface area (Å²) in [5.74, 6) is -1.05. The van der Waals surface area contributed by atoms with Crippen molar-refractivity contribution in [3.05, 3.63) is 49.2 Å². The molecule has 0 fully saturated rings. The van der Waals surface area contributed by atoms with Gasteiger partial charge >= 0.3 is 5.97 Å². The van der Waals surface area contributed by atoms with E-state index in [0.29, 0.717) is 23.2 Å². The Bertz CT molecular complexity index is 1400. The van der Waals surface area contributed by atoms with Crippen molar-refractivity contribution in [3.8, 4) is 11.4 Å². The number of ether oxygens (including phenoxy) is 1. The number of aliphatic hydroxyl groups is 1. The van der Waals surface area contributed by atoms with Gasteiger partial charge in [-0.2, -0.15) is 0 Å². The van der Waals surface area contributed by atoms with Crippen molar-refractivity contribution in [1.82, 2.24) is 9.55 Å². The van der Waals surface area contributed by atoms with Crippen LogP contribution in [0.2, 0.25) is 0 Å². The molecule has 0 saturated carbocycles. The molecule has 0 radical (unpaired) electrons. The van der Waals surface area contributed by atoms with Gasteiger partial charge in [0.2, 0.25) is 0 Å². The normalized spacial score (nSPS) is 26.0. The highest BCUT2D eigenvalue weighted by molar-refractivity contribution is 5.84. The summed E-state index contributed by atoms with van der Waals surface area (Å²) in [6.45, 7) is 7.52. The Hall–Kier alpha value is -2.84. The number of halogens is 1. The highest BCUT2D eigenvalue weighted by atomic mass is 19.1. The molecule has 3 N–H and O–H groups in total. The molecule has 0 spiro atoms. The highest BCUT2D eigenvalue weighted by Gasteiger charge is 2.45. The SMILES string of the molecule is CC[C@H](N)c1c2c(nc3c1=C(C)C(C)C(F)C=3)-c1cc3c(c(=O)n1C2)COC(=O)[C@]3(O)CC. The maximum absolute atomic E-state index is 14.8. The van der Waals surface area contributed by atoms with Gasteiger partial charge in [0.1, 0.15) is 12.8 Å². The Kier molecular flexibility index (Phi) is 4.88. The zero-order chi connectivity index (χ0) is 23.8. The molecule has 2 unspecified atom stereocenters. The van der Waals surface area contributed by atoms with E-state index in [1.807, 2.05) is 20.8 Å². The third-order valence-corrected chi connectivity index (χ3v) is 7.65. The molecular weight excluding hydrogens is 425 g/mol. The molecule has 0 amide bonds. The van der Waals surface area contributed by atoms with Gasteiger partial charge in [0, 0.05) is 28.3 Å². The van der Waals surface area contributed by atoms with Crippen LogP contribution in [0.1, 0.15) is 68.8 Å². The molecular formula is C25H28FN3O4. The zero-order valence-corrected chi connectivity index (χ0v) is 19.2. The highest BCUT2D eigenvalue weighted by Crippen LogP contribution is 2.39. The number of hydrogen-bond acceptors (Lipinski definition) is 6. The number of nitrogens with zero attached hydrogens (tertiary/aromatic N) is 2. The number of esters is 1. The molecule has 174 valence electrons. The molecule has 3 aliphatic rings. The summed E-state index contributed by atoms with van der Waals surface area (Å²) < 4.78 is 21.5. The third-order valence-electron chi connectivity index (χ3n) is 7.65. The summed E-state index contributed by atoms with van der Waals surface area (Å²) in [4.78, 5) is 30.6. The second-order valence-corrected chi connectivity index (χ2v) is 9.31. The van der Waals surface area contributed by atoms with Crippen molar-refractivity contribution in [3.63, 3.8) is 0 Å². The van der Waals surface area contributed by atoms with Crippen LogP contribution >= 0.6 is 0 Å². The standard InChI is InChI=1S/C25H28FN3O4/c1-5-17(27)21-13-9-29-19(22(13)28-18-8-16(26)11(3)12(4)20(18)21)7-15-14(23(29)30)10-33-24(31)25(15,32)6-2/h7-8,11,16-17,32H,5-6,9-10,27H2,1-4H3/t11?,16?,17-,25-/m0/s1. The number of alkyl halides is 1. The van der Waals surface area contributed by atoms with E-state index in [4.69, 9.17) is 15.5 Å². The Morgan fingerprint density at radius 3 is 2.76 bits per heavy atom. The molecule has 2 aromatic heterocycles. The van der Waals surface area contributed by atoms with Crippen molar-refractivity contribution in [2.45, 2.75) is 71.5 Å². The average molecular weight is 454 g/mol. The monoisotopic (exact) mass is 453 g/mol. The van der Waals surface area contributed by atoms with Crippen LogP contribution < -0.4 is 21.9 Å². The lowest BCUT2D eigenvalue weighted by molar-refractivity contribution is -0.172. The van der Waals surface area contributed by atoms with E-state index in [1.165, 1.54) is 6.08 Å². The quantitative estimate of drug-likeness (QED) is 0.579. The molecule has 1 aliphatic carbocycles. The van der Waals surface area contributed by atoms with E-state index < -0.39 is 17.7 Å². The maximum atomic E-state index is 14.8. The Balaban J connectivity index is 1.88. The Morgan fingerprint density at radius 1 is 1.36 bits per heavy atom. The fraction of sp³-hybridized carbons (Fsp3) is 0.480. The van der Waals surface area contributed by atoms with Gasteiger partial charge in [0.15, 0.2) is 5.60 Å². The number of fused-ring (bicyclic) bond motifs is 5. The third kappa shape index (κ3) is 2.83. The van der Waals surface area contributed by atoms with Crippen LogP contribution in [0.3, 0.4) is 0 Å². The van der Waals surface area contributed by atoms with Crippen LogP contribution in [-0.2, 0) is 28.3 Å². The Morgan fingerprint density at radius 2 is 2.09 bits per heavy atom. The summed E-state index contributed by atoms with van der Waals surface area (Å²) in [6, 6.07) is 1.36. The van der Waals surface area contributed by atoms with E-state index in [-0.39, 0.29) is 48.2 Å². The Labute approximate surface area is 190 Å². The largest absolute Gasteiger partial charge is 0.458 e. The number of pyridine rings is 2. The maximum Gasteiger partial charge on any atom is 0.343 e. The summed E-state index contributed by atoms with van der Waals surface area (Å²) in [6.07, 6.45) is 1.10. The van der Waals surface area contributed by atoms with Crippen LogP contribution in [0.5, 0.6) is 0 Å². The summed E-state index contributed by atoms with van der Waals surface area (Å²) in [5, 5.41) is 12.5. The summed E-state index contributed by atoms with van der Waals surface area (Å²) in [5.41, 5.74) is 8.57. The summed E-state index contributed by atoms with van der Waals surface area (Å²) >= 11 is 0. The minimum atomic E-state index is -1.89. The van der Waals surface area contributed by atoms with Crippen LogP contribution in [-0.4, -0.2) is 26.8 Å². The first-order valence-corrected chi connectivity index (χ1v) is 11.5. The lowest BCUT2D eigenvalue weighted by atomic mass is 9.85. The van der Waals surface area contributed by atoms with Gasteiger partial charge in [0.25, 0.3) is 5.56 Å². The minimum Gasteiger partial charge on any atom is -0.458 e. The van der Waals surface area contributed by atoms with E-state index >= 15 is 0 Å². The molecule has 2 aromatic rings. The van der Waals surface area contributed by atoms with Gasteiger partial charge in [0.05, 0.1) is 28.8 Å². The topological polar surface area (TPSA) is 107 Å². The predicted molar refractivity (Wildman–Crippen MR) is 121 cm³/mol. The van der Waals surface area contributed by atoms with Crippen molar-refractivity contribution in [1.29, 1.82) is 0 Å². The van der Waals surface area contributed by atoms with E-state index in [2.05, 4.69) is 0 Å². The second-order valence-electron chi connectivity index (χ2n) is 9.31. The molecule has 5 rings (SSSR count). The first-order valence-electron chi connectivity index (χ1n) is 11.5. The molecule has 2 aliphatic heterocycles. The molecule has 7 nitrogen and oxygen atoms in total. The average Bonchev–Trinajstić information content (AvgIpc) is 3.17. The van der Waals surface area contributed by atoms with Crippen molar-refractivity contribution in [2.24, 2.45) is 11.7 Å². The molecule has 0 saturated heterocycles. The van der Waals surface area contributed by atoms with Crippen LogP contribution in [0, 0.1) is 5.92 Å². The zero-order valence-electron chi connectivity index (χ0n) is 19.2. The number of cyclic esters (lactones) is 1. The first-order chi connectivity index (χ1) is 15.6. The lowest BCUT2D eigenvalue weighted by Crippen LogP contribution is -2.44. The molecule has 0 aromatic carbocycles. The molecule has 4 atom stereocenters. The number of hydrogen-bond donors (Lipinski definition) is 2. The van der Waals surface area contributed by atoms with Crippen molar-refractivity contribution in [2.75, 3.05) is 0 Å². The fourth-order valence-corrected chi connectivity index (χ4v) is 5.35. The van der Waals surface area contributed by atoms with Gasteiger partial charge in [-0.3, -0.25) is 4.79 Å². The van der Waals surface area contributed by atoms with Gasteiger partial charge in [-0.1, -0.05) is 26.3 Å². The first kappa shape index (κ1) is 22.0. The lowest BCUT2D eigenvalue weighted by Gasteiger charge is -2.31. The second kappa shape index (κ2) is 7.33. The van der Waals surface area contributed by atoms with E-state index in [9.17, 15) is 19.1 Å². The number of carbonyl (C=O) groups excluding carboxylic acids is 1. The van der Waals surface area contributed by atoms with Crippen LogP contribution in [0.25, 0.3) is 23.0 Å².